The largest absolute Gasteiger partial charge is 0.493 e. The van der Waals surface area contributed by atoms with E-state index in [-0.39, 0.29) is 0 Å². The Kier molecular flexibility index (Phi) is 6.33. The summed E-state index contributed by atoms with van der Waals surface area (Å²) in [4.78, 5) is 12.8. The average molecular weight is 431 g/mol. The van der Waals surface area contributed by atoms with Gasteiger partial charge in [0.05, 0.1) is 19.3 Å². The minimum Gasteiger partial charge on any atom is -0.493 e. The van der Waals surface area contributed by atoms with Gasteiger partial charge in [0.2, 0.25) is 0 Å². The van der Waals surface area contributed by atoms with Gasteiger partial charge in [-0.15, -0.1) is 0 Å². The Morgan fingerprint density at radius 1 is 0.938 bits per heavy atom. The Morgan fingerprint density at radius 2 is 1.69 bits per heavy atom. The second kappa shape index (κ2) is 9.17. The van der Waals surface area contributed by atoms with Crippen LogP contribution in [-0.4, -0.2) is 25.3 Å². The van der Waals surface area contributed by atoms with E-state index >= 15 is 0 Å². The molecule has 0 radical (unpaired) electrons. The van der Waals surface area contributed by atoms with Crippen LogP contribution in [0.4, 0.5) is 0 Å². The van der Waals surface area contributed by atoms with Crippen molar-refractivity contribution < 1.29 is 19.0 Å². The molecule has 4 nitrogen and oxygen atoms in total. The molecule has 32 heavy (non-hydrogen) atoms. The molecule has 0 bridgehead atoms. The molecule has 0 spiro atoms. The lowest BCUT2D eigenvalue weighted by atomic mass is 9.90. The van der Waals surface area contributed by atoms with Crippen molar-refractivity contribution in [2.45, 2.75) is 45.3 Å². The monoisotopic (exact) mass is 430 g/mol. The third kappa shape index (κ3) is 4.86. The molecule has 4 rings (SSSR count). The Balaban J connectivity index is 1.88. The fraction of sp³-hybridized carbons (Fsp3) is 0.321. The maximum atomic E-state index is 12.8. The smallest absolute Gasteiger partial charge is 0.339 e. The fourth-order valence-electron chi connectivity index (χ4n) is 4.07. The zero-order valence-electron chi connectivity index (χ0n) is 19.2. The molecular formula is C28H30O4. The number of esters is 1. The Hall–Kier alpha value is -3.11. The van der Waals surface area contributed by atoms with Crippen LogP contribution in [0.2, 0.25) is 0 Å². The number of hydrogen-bond acceptors (Lipinski definition) is 4. The van der Waals surface area contributed by atoms with Crippen molar-refractivity contribution in [1.29, 1.82) is 0 Å². The van der Waals surface area contributed by atoms with E-state index in [2.05, 4.69) is 30.3 Å². The van der Waals surface area contributed by atoms with Crippen molar-refractivity contribution >= 4 is 5.97 Å². The van der Waals surface area contributed by atoms with Gasteiger partial charge in [-0.2, -0.15) is 0 Å². The number of carbonyl (C=O) groups excluding carboxylic acids is 1. The number of hydrogen-bond donors (Lipinski definition) is 0. The summed E-state index contributed by atoms with van der Waals surface area (Å²) in [6, 6.07) is 22.7. The van der Waals surface area contributed by atoms with Gasteiger partial charge in [-0.25, -0.2) is 4.79 Å². The number of ether oxygens (including phenoxy) is 3. The normalized spacial score (nSPS) is 14.2. The van der Waals surface area contributed by atoms with Crippen LogP contribution in [0.15, 0.2) is 66.7 Å². The summed E-state index contributed by atoms with van der Waals surface area (Å²) in [5.74, 6) is 0.533. The number of carbonyl (C=O) groups is 1. The van der Waals surface area contributed by atoms with E-state index in [0.717, 1.165) is 53.0 Å². The second-order valence-corrected chi connectivity index (χ2v) is 9.08. The number of rotatable bonds is 5. The molecule has 1 unspecified atom stereocenters. The standard InChI is InChI=1S/C28H30O4/c1-28(2,3)32-26(27(29)30-4)23-14-12-20(19-9-6-5-7-10-19)18-24(23)21-13-15-25-22(17-21)11-8-16-31-25/h5-7,9-10,12-15,17-18,26H,8,11,16H2,1-4H3. The fourth-order valence-corrected chi connectivity index (χ4v) is 4.07. The van der Waals surface area contributed by atoms with Crippen molar-refractivity contribution in [2.75, 3.05) is 13.7 Å². The van der Waals surface area contributed by atoms with Crippen molar-refractivity contribution in [1.82, 2.24) is 0 Å². The van der Waals surface area contributed by atoms with Gasteiger partial charge in [0.15, 0.2) is 6.10 Å². The summed E-state index contributed by atoms with van der Waals surface area (Å²) < 4.78 is 17.1. The van der Waals surface area contributed by atoms with E-state index in [1.54, 1.807) is 0 Å². The number of methoxy groups -OCH3 is 1. The summed E-state index contributed by atoms with van der Waals surface area (Å²) in [6.45, 7) is 6.58. The van der Waals surface area contributed by atoms with Crippen molar-refractivity contribution in [3.63, 3.8) is 0 Å². The molecule has 1 aliphatic heterocycles. The van der Waals surface area contributed by atoms with E-state index in [9.17, 15) is 4.79 Å². The maximum Gasteiger partial charge on any atom is 0.339 e. The highest BCUT2D eigenvalue weighted by Crippen LogP contribution is 2.38. The van der Waals surface area contributed by atoms with E-state index in [4.69, 9.17) is 14.2 Å². The number of benzene rings is 3. The van der Waals surface area contributed by atoms with Gasteiger partial charge >= 0.3 is 5.97 Å². The molecule has 1 aliphatic rings. The average Bonchev–Trinajstić information content (AvgIpc) is 2.81. The summed E-state index contributed by atoms with van der Waals surface area (Å²) in [5, 5.41) is 0. The van der Waals surface area contributed by atoms with Crippen LogP contribution in [0, 0.1) is 0 Å². The summed E-state index contributed by atoms with van der Waals surface area (Å²) >= 11 is 0. The molecule has 1 heterocycles. The Labute approximate surface area is 190 Å². The molecule has 0 amide bonds. The van der Waals surface area contributed by atoms with Crippen LogP contribution in [0.5, 0.6) is 5.75 Å². The molecule has 0 fully saturated rings. The van der Waals surface area contributed by atoms with Crippen LogP contribution in [-0.2, 0) is 20.7 Å². The molecule has 3 aromatic carbocycles. The molecule has 4 heteroatoms. The van der Waals surface area contributed by atoms with Crippen molar-refractivity contribution in [3.05, 3.63) is 77.9 Å². The molecule has 0 saturated heterocycles. The number of aryl methyl sites for hydroxylation is 1. The molecule has 0 aliphatic carbocycles. The Morgan fingerprint density at radius 3 is 2.41 bits per heavy atom. The van der Waals surface area contributed by atoms with Gasteiger partial charge in [0.1, 0.15) is 5.75 Å². The van der Waals surface area contributed by atoms with Crippen LogP contribution in [0.3, 0.4) is 0 Å². The topological polar surface area (TPSA) is 44.8 Å². The van der Waals surface area contributed by atoms with E-state index < -0.39 is 17.7 Å². The van der Waals surface area contributed by atoms with E-state index in [1.807, 2.05) is 57.2 Å². The lowest BCUT2D eigenvalue weighted by molar-refractivity contribution is -0.164. The SMILES string of the molecule is COC(=O)C(OC(C)(C)C)c1ccc(-c2ccccc2)cc1-c1ccc2c(c1)CCCO2. The number of fused-ring (bicyclic) bond motifs is 1. The predicted octanol–water partition coefficient (Wildman–Crippen LogP) is 6.37. The first-order valence-electron chi connectivity index (χ1n) is 11.1. The molecule has 3 aromatic rings. The summed E-state index contributed by atoms with van der Waals surface area (Å²) in [7, 11) is 1.40. The lowest BCUT2D eigenvalue weighted by Gasteiger charge is -2.28. The highest BCUT2D eigenvalue weighted by Gasteiger charge is 2.30. The second-order valence-electron chi connectivity index (χ2n) is 9.08. The maximum absolute atomic E-state index is 12.8. The van der Waals surface area contributed by atoms with Crippen LogP contribution in [0.1, 0.15) is 44.4 Å². The third-order valence-corrected chi connectivity index (χ3v) is 5.55. The minimum absolute atomic E-state index is 0.407. The van der Waals surface area contributed by atoms with Crippen LogP contribution >= 0.6 is 0 Å². The molecule has 0 N–H and O–H groups in total. The first-order valence-corrected chi connectivity index (χ1v) is 11.1. The highest BCUT2D eigenvalue weighted by atomic mass is 16.6. The highest BCUT2D eigenvalue weighted by molar-refractivity contribution is 5.84. The zero-order valence-corrected chi connectivity index (χ0v) is 19.2. The van der Waals surface area contributed by atoms with Crippen LogP contribution in [0.25, 0.3) is 22.3 Å². The van der Waals surface area contributed by atoms with Gasteiger partial charge in [-0.1, -0.05) is 48.5 Å². The Bertz CT molecular complexity index is 1100. The first kappa shape index (κ1) is 22.1. The molecular weight excluding hydrogens is 400 g/mol. The third-order valence-electron chi connectivity index (χ3n) is 5.55. The van der Waals surface area contributed by atoms with Gasteiger partial charge in [-0.05, 0) is 85.2 Å². The minimum atomic E-state index is -0.827. The summed E-state index contributed by atoms with van der Waals surface area (Å²) in [6.07, 6.45) is 1.16. The van der Waals surface area contributed by atoms with Gasteiger partial charge in [0, 0.05) is 0 Å². The first-order chi connectivity index (χ1) is 15.4. The predicted molar refractivity (Wildman–Crippen MR) is 127 cm³/mol. The summed E-state index contributed by atoms with van der Waals surface area (Å²) in [5.41, 5.74) is 5.66. The van der Waals surface area contributed by atoms with Crippen LogP contribution < -0.4 is 4.74 Å². The molecule has 0 saturated carbocycles. The van der Waals surface area contributed by atoms with Gasteiger partial charge in [0.25, 0.3) is 0 Å². The van der Waals surface area contributed by atoms with E-state index in [1.165, 1.54) is 12.7 Å². The lowest BCUT2D eigenvalue weighted by Crippen LogP contribution is -2.28. The zero-order chi connectivity index (χ0) is 22.7. The van der Waals surface area contributed by atoms with Gasteiger partial charge in [-0.3, -0.25) is 0 Å². The van der Waals surface area contributed by atoms with E-state index in [0.29, 0.717) is 0 Å². The van der Waals surface area contributed by atoms with Gasteiger partial charge < -0.3 is 14.2 Å². The van der Waals surface area contributed by atoms with Crippen molar-refractivity contribution in [3.8, 4) is 28.0 Å². The molecule has 1 atom stereocenters. The molecule has 166 valence electrons. The molecule has 0 aromatic heterocycles. The van der Waals surface area contributed by atoms with Crippen molar-refractivity contribution in [2.24, 2.45) is 0 Å². The quantitative estimate of drug-likeness (QED) is 0.441.